The number of nitrogens with one attached hydrogen (secondary N) is 1. The first-order valence-corrected chi connectivity index (χ1v) is 7.90. The second-order valence-electron chi connectivity index (χ2n) is 5.90. The van der Waals surface area contributed by atoms with Crippen molar-refractivity contribution in [3.8, 4) is 0 Å². The normalized spacial score (nSPS) is 22.1. The molecule has 0 aromatic heterocycles. The number of rotatable bonds is 10. The van der Waals surface area contributed by atoms with Crippen molar-refractivity contribution in [1.29, 1.82) is 0 Å². The Bertz CT molecular complexity index is 293. The Balaban J connectivity index is 2.44. The van der Waals surface area contributed by atoms with Crippen LogP contribution in [0.25, 0.3) is 0 Å². The average molecular weight is 285 g/mol. The van der Waals surface area contributed by atoms with Gasteiger partial charge in [-0.1, -0.05) is 13.8 Å². The third kappa shape index (κ3) is 5.38. The maximum absolute atomic E-state index is 11.7. The van der Waals surface area contributed by atoms with E-state index >= 15 is 0 Å². The van der Waals surface area contributed by atoms with Crippen molar-refractivity contribution in [3.05, 3.63) is 0 Å². The van der Waals surface area contributed by atoms with Crippen LogP contribution in [0.15, 0.2) is 0 Å². The maximum atomic E-state index is 11.7. The lowest BCUT2D eigenvalue weighted by molar-refractivity contribution is -0.124. The number of nitrogens with zero attached hydrogens (tertiary/aromatic N) is 1. The molecule has 0 radical (unpaired) electrons. The van der Waals surface area contributed by atoms with Crippen molar-refractivity contribution in [2.45, 2.75) is 58.1 Å². The van der Waals surface area contributed by atoms with Gasteiger partial charge in [-0.15, -0.1) is 0 Å². The molecule has 0 spiro atoms. The molecule has 118 valence electrons. The molecule has 1 heterocycles. The molecule has 1 fully saturated rings. The minimum Gasteiger partial charge on any atom is -0.377 e. The van der Waals surface area contributed by atoms with Crippen molar-refractivity contribution >= 4 is 5.91 Å². The van der Waals surface area contributed by atoms with Gasteiger partial charge in [-0.05, 0) is 45.7 Å². The van der Waals surface area contributed by atoms with E-state index in [9.17, 15) is 4.79 Å². The topological polar surface area (TPSA) is 67.6 Å². The summed E-state index contributed by atoms with van der Waals surface area (Å²) in [6, 6.07) is 0. The lowest BCUT2D eigenvalue weighted by Crippen LogP contribution is -2.55. The number of hydrogen-bond acceptors (Lipinski definition) is 4. The third-order valence-electron chi connectivity index (χ3n) is 4.17. The molecule has 1 rings (SSSR count). The predicted molar refractivity (Wildman–Crippen MR) is 81.6 cm³/mol. The highest BCUT2D eigenvalue weighted by Crippen LogP contribution is 2.15. The minimum absolute atomic E-state index is 0.265. The number of ether oxygens (including phenoxy) is 1. The monoisotopic (exact) mass is 285 g/mol. The molecule has 1 saturated heterocycles. The minimum atomic E-state index is -0.611. The van der Waals surface area contributed by atoms with Crippen LogP contribution in [-0.4, -0.2) is 55.2 Å². The number of carbonyl (C=O) groups is 1. The van der Waals surface area contributed by atoms with Crippen molar-refractivity contribution in [2.75, 3.05) is 32.8 Å². The number of hydrogen-bond donors (Lipinski definition) is 2. The van der Waals surface area contributed by atoms with Crippen molar-refractivity contribution in [2.24, 2.45) is 5.73 Å². The van der Waals surface area contributed by atoms with Gasteiger partial charge >= 0.3 is 0 Å². The van der Waals surface area contributed by atoms with Crippen LogP contribution in [0.5, 0.6) is 0 Å². The van der Waals surface area contributed by atoms with Crippen LogP contribution >= 0.6 is 0 Å². The van der Waals surface area contributed by atoms with Gasteiger partial charge in [-0.2, -0.15) is 0 Å². The van der Waals surface area contributed by atoms with Gasteiger partial charge < -0.3 is 20.7 Å². The van der Waals surface area contributed by atoms with Gasteiger partial charge in [0.1, 0.15) is 0 Å². The fraction of sp³-hybridized carbons (Fsp3) is 0.933. The summed E-state index contributed by atoms with van der Waals surface area (Å²) in [7, 11) is 0. The van der Waals surface area contributed by atoms with Crippen LogP contribution in [0, 0.1) is 0 Å². The first kappa shape index (κ1) is 17.4. The molecule has 3 N–H and O–H groups in total. The summed E-state index contributed by atoms with van der Waals surface area (Å²) < 4.78 is 5.68. The van der Waals surface area contributed by atoms with Crippen LogP contribution < -0.4 is 11.1 Å². The van der Waals surface area contributed by atoms with Crippen LogP contribution in [-0.2, 0) is 9.53 Å². The molecule has 0 bridgehead atoms. The van der Waals surface area contributed by atoms with Crippen molar-refractivity contribution in [1.82, 2.24) is 10.2 Å². The number of carbonyl (C=O) groups excluding carboxylic acids is 1. The molecule has 20 heavy (non-hydrogen) atoms. The van der Waals surface area contributed by atoms with Crippen LogP contribution in [0.4, 0.5) is 0 Å². The maximum Gasteiger partial charge on any atom is 0.237 e. The molecular formula is C15H31N3O2. The molecular weight excluding hydrogens is 254 g/mol. The lowest BCUT2D eigenvalue weighted by Gasteiger charge is -2.31. The number of nitrogens with two attached hydrogens (primary N) is 1. The standard InChI is InChI=1S/C15H31N3O2/c1-4-9-17-15(3,14(16)19)8-10-18(5-2)12-13-7-6-11-20-13/h13,17H,4-12H2,1-3H3,(H2,16,19). The summed E-state index contributed by atoms with van der Waals surface area (Å²) in [6.45, 7) is 10.6. The van der Waals surface area contributed by atoms with Crippen LogP contribution in [0.1, 0.15) is 46.5 Å². The Morgan fingerprint density at radius 2 is 2.25 bits per heavy atom. The fourth-order valence-corrected chi connectivity index (χ4v) is 2.54. The summed E-state index contributed by atoms with van der Waals surface area (Å²) in [5.74, 6) is -0.265. The first-order chi connectivity index (χ1) is 9.51. The molecule has 1 amide bonds. The highest BCUT2D eigenvalue weighted by Gasteiger charge is 2.30. The highest BCUT2D eigenvalue weighted by atomic mass is 16.5. The fourth-order valence-electron chi connectivity index (χ4n) is 2.54. The molecule has 5 nitrogen and oxygen atoms in total. The Kier molecular flexibility index (Phi) is 7.48. The van der Waals surface area contributed by atoms with E-state index in [1.54, 1.807) is 0 Å². The SMILES string of the molecule is CCCNC(C)(CCN(CC)CC1CCCO1)C(N)=O. The van der Waals surface area contributed by atoms with E-state index in [-0.39, 0.29) is 5.91 Å². The molecule has 1 aliphatic heterocycles. The molecule has 0 aromatic rings. The molecule has 1 aliphatic rings. The van der Waals surface area contributed by atoms with Crippen LogP contribution in [0.2, 0.25) is 0 Å². The summed E-state index contributed by atoms with van der Waals surface area (Å²) in [6.07, 6.45) is 4.41. The molecule has 2 unspecified atom stereocenters. The second-order valence-corrected chi connectivity index (χ2v) is 5.90. The lowest BCUT2D eigenvalue weighted by atomic mass is 9.96. The average Bonchev–Trinajstić information content (AvgIpc) is 2.93. The van der Waals surface area contributed by atoms with Gasteiger partial charge in [0.2, 0.25) is 5.91 Å². The Morgan fingerprint density at radius 3 is 2.75 bits per heavy atom. The van der Waals surface area contributed by atoms with Crippen LogP contribution in [0.3, 0.4) is 0 Å². The summed E-state index contributed by atoms with van der Waals surface area (Å²) in [5.41, 5.74) is 4.95. The van der Waals surface area contributed by atoms with Gasteiger partial charge in [0.05, 0.1) is 11.6 Å². The summed E-state index contributed by atoms with van der Waals surface area (Å²) in [5, 5.41) is 3.29. The zero-order chi connectivity index (χ0) is 15.0. The summed E-state index contributed by atoms with van der Waals surface area (Å²) >= 11 is 0. The molecule has 0 aliphatic carbocycles. The Morgan fingerprint density at radius 1 is 1.50 bits per heavy atom. The van der Waals surface area contributed by atoms with E-state index in [4.69, 9.17) is 10.5 Å². The quantitative estimate of drug-likeness (QED) is 0.631. The number of amides is 1. The first-order valence-electron chi connectivity index (χ1n) is 7.90. The predicted octanol–water partition coefficient (Wildman–Crippen LogP) is 1.12. The van der Waals surface area contributed by atoms with Gasteiger partial charge in [0.25, 0.3) is 0 Å². The van der Waals surface area contributed by atoms with Crippen molar-refractivity contribution < 1.29 is 9.53 Å². The van der Waals surface area contributed by atoms with E-state index < -0.39 is 5.54 Å². The second kappa shape index (κ2) is 8.60. The largest absolute Gasteiger partial charge is 0.377 e. The Hall–Kier alpha value is -0.650. The summed E-state index contributed by atoms with van der Waals surface area (Å²) in [4.78, 5) is 14.0. The van der Waals surface area contributed by atoms with E-state index in [1.165, 1.54) is 6.42 Å². The molecule has 0 saturated carbocycles. The van der Waals surface area contributed by atoms with Gasteiger partial charge in [0, 0.05) is 19.7 Å². The van der Waals surface area contributed by atoms with Gasteiger partial charge in [-0.25, -0.2) is 0 Å². The molecule has 0 aromatic carbocycles. The zero-order valence-corrected chi connectivity index (χ0v) is 13.3. The highest BCUT2D eigenvalue weighted by molar-refractivity contribution is 5.84. The van der Waals surface area contributed by atoms with Crippen molar-refractivity contribution in [3.63, 3.8) is 0 Å². The van der Waals surface area contributed by atoms with E-state index in [1.807, 2.05) is 6.92 Å². The Labute approximate surface area is 123 Å². The van der Waals surface area contributed by atoms with Gasteiger partial charge in [-0.3, -0.25) is 4.79 Å². The van der Waals surface area contributed by atoms with E-state index in [0.29, 0.717) is 6.10 Å². The van der Waals surface area contributed by atoms with E-state index in [2.05, 4.69) is 24.1 Å². The smallest absolute Gasteiger partial charge is 0.237 e. The molecule has 2 atom stereocenters. The third-order valence-corrected chi connectivity index (χ3v) is 4.17. The molecule has 5 heteroatoms. The van der Waals surface area contributed by atoms with E-state index in [0.717, 1.165) is 52.0 Å². The zero-order valence-electron chi connectivity index (χ0n) is 13.3. The van der Waals surface area contributed by atoms with Gasteiger partial charge in [0.15, 0.2) is 0 Å². The number of primary amides is 1. The number of likely N-dealkylation sites (N-methyl/N-ethyl adjacent to an activating group) is 1.